The minimum atomic E-state index is -1.39. The third-order valence-corrected chi connectivity index (χ3v) is 6.86. The maximum absolute atomic E-state index is 12.8. The predicted molar refractivity (Wildman–Crippen MR) is 169 cm³/mol. The lowest BCUT2D eigenvalue weighted by Gasteiger charge is -2.26. The van der Waals surface area contributed by atoms with Crippen molar-refractivity contribution in [3.05, 3.63) is 107 Å². The van der Waals surface area contributed by atoms with Crippen LogP contribution < -0.4 is 18.9 Å². The number of aromatic hydroxyl groups is 3. The van der Waals surface area contributed by atoms with Crippen molar-refractivity contribution in [1.82, 2.24) is 0 Å². The first-order valence-corrected chi connectivity index (χ1v) is 14.2. The van der Waals surface area contributed by atoms with E-state index >= 15 is 0 Å². The lowest BCUT2D eigenvalue weighted by atomic mass is 10.0. The molecule has 0 spiro atoms. The number of rotatable bonds is 14. The number of hydrogen-bond acceptors (Lipinski definition) is 12. The maximum Gasteiger partial charge on any atom is 0.338 e. The summed E-state index contributed by atoms with van der Waals surface area (Å²) in [7, 11) is 4.19. The van der Waals surface area contributed by atoms with Crippen LogP contribution >= 0.6 is 0 Å². The maximum atomic E-state index is 12.8. The first-order chi connectivity index (χ1) is 22.6. The fourth-order valence-electron chi connectivity index (χ4n) is 4.37. The van der Waals surface area contributed by atoms with Crippen molar-refractivity contribution in [2.24, 2.45) is 0 Å². The number of carbonyl (C=O) groups is 2. The third kappa shape index (κ3) is 8.86. The normalized spacial score (nSPS) is 12.2. The van der Waals surface area contributed by atoms with E-state index in [1.165, 1.54) is 88.1 Å². The molecule has 2 atom stereocenters. The summed E-state index contributed by atoms with van der Waals surface area (Å²) in [6.45, 7) is -0.468. The quantitative estimate of drug-likeness (QED) is 0.135. The Morgan fingerprint density at radius 3 is 1.77 bits per heavy atom. The number of aliphatic hydroxyl groups excluding tert-OH is 1. The molecule has 2 unspecified atom stereocenters. The summed E-state index contributed by atoms with van der Waals surface area (Å²) in [5.41, 5.74) is 1.36. The minimum absolute atomic E-state index is 0.0213. The Morgan fingerprint density at radius 2 is 1.23 bits per heavy atom. The summed E-state index contributed by atoms with van der Waals surface area (Å²) in [5, 5.41) is 40.4. The second kappa shape index (κ2) is 15.9. The highest BCUT2D eigenvalue weighted by Gasteiger charge is 2.29. The fraction of sp³-hybridized carbons (Fsp3) is 0.200. The third-order valence-electron chi connectivity index (χ3n) is 6.86. The number of esters is 2. The predicted octanol–water partition coefficient (Wildman–Crippen LogP) is 5.04. The van der Waals surface area contributed by atoms with E-state index in [-0.39, 0.29) is 58.0 Å². The number of phenolic OH excluding ortho intramolecular Hbond substituents is 3. The molecule has 0 aromatic heterocycles. The van der Waals surface area contributed by atoms with Gasteiger partial charge in [-0.25, -0.2) is 9.59 Å². The smallest absolute Gasteiger partial charge is 0.338 e. The van der Waals surface area contributed by atoms with E-state index in [1.807, 2.05) is 0 Å². The van der Waals surface area contributed by atoms with Gasteiger partial charge in [-0.15, -0.1) is 0 Å². The van der Waals surface area contributed by atoms with E-state index < -0.39 is 30.8 Å². The SMILES string of the molecule is COc1cc(C(O)C(COC(=O)c2ccc(O)cc2)Oc2c(OC)cc(/C=C/COC(=O)c3ccc(O)cc3)cc2OC)ccc1O. The van der Waals surface area contributed by atoms with Crippen molar-refractivity contribution in [2.45, 2.75) is 12.2 Å². The molecular formula is C35H34O12. The zero-order valence-corrected chi connectivity index (χ0v) is 25.8. The molecule has 0 saturated carbocycles. The molecular weight excluding hydrogens is 612 g/mol. The molecule has 47 heavy (non-hydrogen) atoms. The van der Waals surface area contributed by atoms with E-state index in [1.54, 1.807) is 24.3 Å². The highest BCUT2D eigenvalue weighted by molar-refractivity contribution is 5.90. The molecule has 4 N–H and O–H groups in total. The molecule has 0 radical (unpaired) electrons. The van der Waals surface area contributed by atoms with E-state index in [9.17, 15) is 30.0 Å². The van der Waals surface area contributed by atoms with Gasteiger partial charge in [-0.2, -0.15) is 0 Å². The van der Waals surface area contributed by atoms with Gasteiger partial charge in [0.15, 0.2) is 29.1 Å². The van der Waals surface area contributed by atoms with Gasteiger partial charge in [-0.05, 0) is 90.0 Å². The van der Waals surface area contributed by atoms with Crippen LogP contribution in [0.2, 0.25) is 0 Å². The largest absolute Gasteiger partial charge is 0.508 e. The Kier molecular flexibility index (Phi) is 11.5. The number of benzene rings is 4. The Balaban J connectivity index is 1.56. The second-order valence-corrected chi connectivity index (χ2v) is 9.98. The van der Waals surface area contributed by atoms with Gasteiger partial charge in [0.05, 0.1) is 32.5 Å². The highest BCUT2D eigenvalue weighted by Crippen LogP contribution is 2.41. The van der Waals surface area contributed by atoms with Gasteiger partial charge in [-0.3, -0.25) is 0 Å². The monoisotopic (exact) mass is 646 g/mol. The van der Waals surface area contributed by atoms with Crippen LogP contribution in [0.15, 0.2) is 84.9 Å². The molecule has 246 valence electrons. The van der Waals surface area contributed by atoms with Crippen molar-refractivity contribution >= 4 is 18.0 Å². The first-order valence-electron chi connectivity index (χ1n) is 14.2. The van der Waals surface area contributed by atoms with Crippen molar-refractivity contribution < 1.29 is 58.4 Å². The van der Waals surface area contributed by atoms with Crippen LogP contribution in [0.1, 0.15) is 37.9 Å². The molecule has 12 nitrogen and oxygen atoms in total. The Morgan fingerprint density at radius 1 is 0.702 bits per heavy atom. The van der Waals surface area contributed by atoms with E-state index in [4.69, 9.17) is 28.4 Å². The van der Waals surface area contributed by atoms with Gasteiger partial charge >= 0.3 is 11.9 Å². The second-order valence-electron chi connectivity index (χ2n) is 9.98. The van der Waals surface area contributed by atoms with Crippen LogP contribution in [0.5, 0.6) is 40.2 Å². The van der Waals surface area contributed by atoms with E-state index in [2.05, 4.69) is 0 Å². The van der Waals surface area contributed by atoms with Gasteiger partial charge in [0, 0.05) is 0 Å². The summed E-state index contributed by atoms with van der Waals surface area (Å²) < 4.78 is 33.3. The summed E-state index contributed by atoms with van der Waals surface area (Å²) in [6.07, 6.45) is 0.678. The topological polar surface area (TPSA) is 170 Å². The number of ether oxygens (including phenoxy) is 6. The Bertz CT molecular complexity index is 1670. The van der Waals surface area contributed by atoms with Crippen LogP contribution in [0.25, 0.3) is 6.08 Å². The summed E-state index contributed by atoms with van der Waals surface area (Å²) >= 11 is 0. The summed E-state index contributed by atoms with van der Waals surface area (Å²) in [5.74, 6) is -0.758. The zero-order chi connectivity index (χ0) is 33.9. The number of phenols is 3. The number of methoxy groups -OCH3 is 3. The molecule has 0 bridgehead atoms. The Labute approximate surface area is 270 Å². The van der Waals surface area contributed by atoms with Crippen molar-refractivity contribution in [3.8, 4) is 40.2 Å². The highest BCUT2D eigenvalue weighted by atomic mass is 16.6. The lowest BCUT2D eigenvalue weighted by Crippen LogP contribution is -2.32. The van der Waals surface area contributed by atoms with Crippen LogP contribution in [0, 0.1) is 0 Å². The van der Waals surface area contributed by atoms with Crippen LogP contribution in [0.3, 0.4) is 0 Å². The first kappa shape index (κ1) is 34.0. The number of hydrogen-bond donors (Lipinski definition) is 4. The summed E-state index contributed by atoms with van der Waals surface area (Å²) in [6, 6.07) is 18.6. The molecule has 0 amide bonds. The van der Waals surface area contributed by atoms with Gasteiger partial charge in [0.25, 0.3) is 0 Å². The standard InChI is InChI=1S/C35H34O12/c1-42-28-19-24(10-15-27(28)38)32(39)31(20-46-35(41)23-8-13-26(37)14-9-23)47-33-29(43-2)17-21(18-30(33)44-3)5-4-16-45-34(40)22-6-11-25(36)12-7-22/h4-15,17-19,31-32,36-39H,16,20H2,1-3H3/b5-4+. The van der Waals surface area contributed by atoms with Gasteiger partial charge < -0.3 is 48.8 Å². The zero-order valence-electron chi connectivity index (χ0n) is 25.8. The molecule has 12 heteroatoms. The molecule has 0 aliphatic carbocycles. The van der Waals surface area contributed by atoms with Crippen LogP contribution in [-0.2, 0) is 9.47 Å². The average molecular weight is 647 g/mol. The van der Waals surface area contributed by atoms with Gasteiger partial charge in [0.1, 0.15) is 30.8 Å². The Hall–Kier alpha value is -5.88. The molecule has 0 heterocycles. The van der Waals surface area contributed by atoms with E-state index in [0.717, 1.165) is 0 Å². The molecule has 4 aromatic rings. The van der Waals surface area contributed by atoms with E-state index in [0.29, 0.717) is 11.1 Å². The van der Waals surface area contributed by atoms with Crippen molar-refractivity contribution in [3.63, 3.8) is 0 Å². The number of aliphatic hydroxyl groups is 1. The molecule has 0 aliphatic heterocycles. The van der Waals surface area contributed by atoms with Crippen LogP contribution in [-0.4, -0.2) is 73.0 Å². The number of carbonyl (C=O) groups excluding carboxylic acids is 2. The summed E-state index contributed by atoms with van der Waals surface area (Å²) in [4.78, 5) is 25.0. The molecule has 0 aliphatic rings. The fourth-order valence-corrected chi connectivity index (χ4v) is 4.37. The lowest BCUT2D eigenvalue weighted by molar-refractivity contribution is -0.0175. The molecule has 0 fully saturated rings. The average Bonchev–Trinajstić information content (AvgIpc) is 3.08. The van der Waals surface area contributed by atoms with Gasteiger partial charge in [-0.1, -0.05) is 12.1 Å². The van der Waals surface area contributed by atoms with Crippen LogP contribution in [0.4, 0.5) is 0 Å². The van der Waals surface area contributed by atoms with Crippen molar-refractivity contribution in [1.29, 1.82) is 0 Å². The van der Waals surface area contributed by atoms with Gasteiger partial charge in [0.2, 0.25) is 5.75 Å². The molecule has 4 rings (SSSR count). The minimum Gasteiger partial charge on any atom is -0.508 e. The molecule has 0 saturated heterocycles. The molecule has 4 aromatic carbocycles. The van der Waals surface area contributed by atoms with Crippen molar-refractivity contribution in [2.75, 3.05) is 34.5 Å².